The summed E-state index contributed by atoms with van der Waals surface area (Å²) in [5.41, 5.74) is 0. The van der Waals surface area contributed by atoms with E-state index in [1.807, 2.05) is 0 Å². The molecule has 2 atom stereocenters. The van der Waals surface area contributed by atoms with Crippen molar-refractivity contribution in [2.75, 3.05) is 13.2 Å². The van der Waals surface area contributed by atoms with Gasteiger partial charge in [-0.15, -0.1) is 0 Å². The number of halogens is 2. The van der Waals surface area contributed by atoms with Crippen LogP contribution in [0, 0.1) is 0 Å². The van der Waals surface area contributed by atoms with Gasteiger partial charge in [-0.25, -0.2) is 4.79 Å². The van der Waals surface area contributed by atoms with Crippen LogP contribution in [0.25, 0.3) is 0 Å². The second-order valence-electron chi connectivity index (χ2n) is 3.99. The van der Waals surface area contributed by atoms with Crippen molar-refractivity contribution >= 4 is 53.0 Å². The number of carbonyl (C=O) groups is 2. The number of hydrogen-bond donors (Lipinski definition) is 1. The second-order valence-corrected chi connectivity index (χ2v) is 5.82. The number of hydrogen-bond acceptors (Lipinski definition) is 7. The summed E-state index contributed by atoms with van der Waals surface area (Å²) in [4.78, 5) is 32.9. The molecular formula is C10H11Br2N3O5. The molecule has 0 spiro atoms. The van der Waals surface area contributed by atoms with Gasteiger partial charge in [0, 0.05) is 6.42 Å². The van der Waals surface area contributed by atoms with Gasteiger partial charge in [0.15, 0.2) is 0 Å². The summed E-state index contributed by atoms with van der Waals surface area (Å²) in [6.45, 7) is 0.244. The van der Waals surface area contributed by atoms with E-state index in [2.05, 4.69) is 47.5 Å². The van der Waals surface area contributed by atoms with Crippen molar-refractivity contribution in [2.45, 2.75) is 25.0 Å². The maximum Gasteiger partial charge on any atom is 0.350 e. The minimum atomic E-state index is -0.720. The molecular weight excluding hydrogens is 402 g/mol. The van der Waals surface area contributed by atoms with E-state index in [0.717, 1.165) is 0 Å². The first-order chi connectivity index (χ1) is 9.56. The van der Waals surface area contributed by atoms with Gasteiger partial charge in [-0.2, -0.15) is 0 Å². The van der Waals surface area contributed by atoms with Crippen LogP contribution in [0.4, 0.5) is 0 Å². The minimum absolute atomic E-state index is 0.0524. The van der Waals surface area contributed by atoms with Gasteiger partial charge in [0.1, 0.15) is 15.8 Å². The highest BCUT2D eigenvalue weighted by molar-refractivity contribution is 9.18. The summed E-state index contributed by atoms with van der Waals surface area (Å²) in [5, 5.41) is 9.78. The van der Waals surface area contributed by atoms with Crippen molar-refractivity contribution in [2.24, 2.45) is 10.3 Å². The molecule has 1 N–H and O–H groups in total. The summed E-state index contributed by atoms with van der Waals surface area (Å²) in [6.07, 6.45) is -0.607. The van der Waals surface area contributed by atoms with E-state index in [9.17, 15) is 9.59 Å². The predicted octanol–water partition coefficient (Wildman–Crippen LogP) is 0.640. The monoisotopic (exact) mass is 411 g/mol. The number of oxime groups is 2. The third-order valence-corrected chi connectivity index (χ3v) is 3.40. The highest BCUT2D eigenvalue weighted by Gasteiger charge is 2.29. The lowest BCUT2D eigenvalue weighted by Gasteiger charge is -2.11. The molecule has 20 heavy (non-hydrogen) atoms. The van der Waals surface area contributed by atoms with E-state index in [1.54, 1.807) is 0 Å². The Balaban J connectivity index is 1.57. The Labute approximate surface area is 131 Å². The Morgan fingerprint density at radius 1 is 1.20 bits per heavy atom. The third kappa shape index (κ3) is 4.17. The van der Waals surface area contributed by atoms with Crippen LogP contribution >= 0.6 is 31.9 Å². The lowest BCUT2D eigenvalue weighted by molar-refractivity contribution is -0.155. The fourth-order valence-corrected chi connectivity index (χ4v) is 2.25. The van der Waals surface area contributed by atoms with Gasteiger partial charge >= 0.3 is 5.97 Å². The van der Waals surface area contributed by atoms with Gasteiger partial charge in [0.05, 0.1) is 13.0 Å². The van der Waals surface area contributed by atoms with E-state index in [0.29, 0.717) is 22.1 Å². The molecule has 1 amide bonds. The number of esters is 1. The summed E-state index contributed by atoms with van der Waals surface area (Å²) >= 11 is 6.26. The fourth-order valence-electron chi connectivity index (χ4n) is 1.50. The van der Waals surface area contributed by atoms with E-state index >= 15 is 0 Å². The Kier molecular flexibility index (Phi) is 5.35. The first kappa shape index (κ1) is 15.2. The lowest BCUT2D eigenvalue weighted by Crippen LogP contribution is -2.37. The van der Waals surface area contributed by atoms with Crippen LogP contribution in [0.3, 0.4) is 0 Å². The number of carbonyl (C=O) groups excluding carboxylic acids is 2. The number of nitrogens with one attached hydrogen (secondary N) is 1. The smallest absolute Gasteiger partial charge is 0.350 e. The topological polar surface area (TPSA) is 98.6 Å². The molecule has 0 saturated heterocycles. The van der Waals surface area contributed by atoms with Crippen LogP contribution in [0.5, 0.6) is 0 Å². The molecule has 2 aliphatic rings. The van der Waals surface area contributed by atoms with Gasteiger partial charge in [-0.3, -0.25) is 4.79 Å². The molecule has 2 heterocycles. The average Bonchev–Trinajstić information content (AvgIpc) is 3.03. The zero-order chi connectivity index (χ0) is 14.5. The van der Waals surface area contributed by atoms with Crippen LogP contribution in [0.1, 0.15) is 12.8 Å². The van der Waals surface area contributed by atoms with Gasteiger partial charge in [0.25, 0.3) is 5.91 Å². The maximum absolute atomic E-state index is 11.6. The van der Waals surface area contributed by atoms with Crippen LogP contribution in [-0.4, -0.2) is 46.5 Å². The summed E-state index contributed by atoms with van der Waals surface area (Å²) in [5.74, 6) is -0.817. The molecule has 2 rings (SSSR count). The fraction of sp³-hybridized carbons (Fsp3) is 0.600. The molecule has 8 nitrogen and oxygen atoms in total. The Morgan fingerprint density at radius 2 is 1.80 bits per heavy atom. The van der Waals surface area contributed by atoms with Crippen molar-refractivity contribution in [3.63, 3.8) is 0 Å². The molecule has 0 aliphatic carbocycles. The van der Waals surface area contributed by atoms with Crippen LogP contribution in [0.15, 0.2) is 10.3 Å². The van der Waals surface area contributed by atoms with E-state index < -0.39 is 18.2 Å². The highest BCUT2D eigenvalue weighted by Crippen LogP contribution is 2.15. The molecule has 0 fully saturated rings. The quantitative estimate of drug-likeness (QED) is 0.527. The normalized spacial score (nSPS) is 24.3. The Morgan fingerprint density at radius 3 is 2.35 bits per heavy atom. The second kappa shape index (κ2) is 7.02. The van der Waals surface area contributed by atoms with Crippen LogP contribution in [0.2, 0.25) is 0 Å². The van der Waals surface area contributed by atoms with E-state index in [-0.39, 0.29) is 19.1 Å². The zero-order valence-electron chi connectivity index (χ0n) is 10.2. The van der Waals surface area contributed by atoms with Crippen molar-refractivity contribution in [1.29, 1.82) is 0 Å². The number of nitrogens with zero attached hydrogens (tertiary/aromatic N) is 2. The van der Waals surface area contributed by atoms with Crippen LogP contribution < -0.4 is 5.32 Å². The average molecular weight is 413 g/mol. The Hall–Kier alpha value is -1.16. The molecule has 0 bridgehead atoms. The van der Waals surface area contributed by atoms with Gasteiger partial charge in [0.2, 0.25) is 12.2 Å². The van der Waals surface area contributed by atoms with Gasteiger partial charge < -0.3 is 19.7 Å². The summed E-state index contributed by atoms with van der Waals surface area (Å²) in [6, 6.07) is 0. The van der Waals surface area contributed by atoms with Crippen molar-refractivity contribution in [3.05, 3.63) is 0 Å². The standard InChI is InChI=1S/C10H11Br2N3O5/c11-7-3-5(19-14-7)9(16)13-1-2-18-10(17)6-4-8(12)15-20-6/h5-6H,1-4H2,(H,13,16). The molecule has 110 valence electrons. The number of rotatable bonds is 5. The first-order valence-electron chi connectivity index (χ1n) is 5.77. The largest absolute Gasteiger partial charge is 0.461 e. The van der Waals surface area contributed by atoms with Crippen LogP contribution in [-0.2, 0) is 24.0 Å². The maximum atomic E-state index is 11.6. The molecule has 2 aliphatic heterocycles. The first-order valence-corrected chi connectivity index (χ1v) is 7.35. The number of amides is 1. The SMILES string of the molecule is O=C(NCCOC(=O)C1CC(Br)=NO1)C1CC(Br)=NO1. The molecule has 0 aromatic rings. The molecule has 10 heteroatoms. The molecule has 0 radical (unpaired) electrons. The van der Waals surface area contributed by atoms with Crippen molar-refractivity contribution in [1.82, 2.24) is 5.32 Å². The third-order valence-electron chi connectivity index (χ3n) is 2.47. The molecule has 0 aromatic heterocycles. The van der Waals surface area contributed by atoms with Gasteiger partial charge in [-0.05, 0) is 31.9 Å². The highest BCUT2D eigenvalue weighted by atomic mass is 79.9. The number of ether oxygens (including phenoxy) is 1. The molecule has 0 saturated carbocycles. The van der Waals surface area contributed by atoms with Crippen molar-refractivity contribution < 1.29 is 24.0 Å². The predicted molar refractivity (Wildman–Crippen MR) is 75.7 cm³/mol. The lowest BCUT2D eigenvalue weighted by atomic mass is 10.2. The van der Waals surface area contributed by atoms with Gasteiger partial charge in [-0.1, -0.05) is 10.3 Å². The zero-order valence-corrected chi connectivity index (χ0v) is 13.3. The Bertz CT molecular complexity index is 426. The van der Waals surface area contributed by atoms with E-state index in [1.165, 1.54) is 0 Å². The molecule has 0 aromatic carbocycles. The summed E-state index contributed by atoms with van der Waals surface area (Å²) < 4.78 is 6.11. The minimum Gasteiger partial charge on any atom is -0.461 e. The summed E-state index contributed by atoms with van der Waals surface area (Å²) in [7, 11) is 0. The van der Waals surface area contributed by atoms with Crippen molar-refractivity contribution in [3.8, 4) is 0 Å². The van der Waals surface area contributed by atoms with E-state index in [4.69, 9.17) is 14.4 Å². The molecule has 2 unspecified atom stereocenters.